The third kappa shape index (κ3) is 8.13. The monoisotopic (exact) mass is 732 g/mol. The highest BCUT2D eigenvalue weighted by atomic mass is 16.5. The molecule has 6 aliphatic rings. The summed E-state index contributed by atoms with van der Waals surface area (Å²) in [5.74, 6) is 1.77. The van der Waals surface area contributed by atoms with Gasteiger partial charge in [-0.3, -0.25) is 14.9 Å². The molecule has 4 atom stereocenters. The van der Waals surface area contributed by atoms with E-state index in [-0.39, 0.29) is 18.1 Å². The summed E-state index contributed by atoms with van der Waals surface area (Å²) in [4.78, 5) is 38.2. The van der Waals surface area contributed by atoms with Gasteiger partial charge in [0.1, 0.15) is 0 Å². The van der Waals surface area contributed by atoms with E-state index >= 15 is 0 Å². The normalized spacial score (nSPS) is 23.5. The van der Waals surface area contributed by atoms with Gasteiger partial charge in [0.25, 0.3) is 0 Å². The standard InChI is InChI=1S/C21H25N5O2.C15H16N4.C5H11NO/c1-14-4-5-15(11-22-14)18-6-7-19-20(24-18)26(17-8-9-25(19)12-17)21(27)23-16-3-2-10-28-13-16;1-10-2-3-11(8-16-10)13-4-5-14-15(18-13)17-12-6-7-19(14)9-12;6-5-2-1-3-7-4-5/h4-7,11,16-17H,2-3,8-10,12-13H2,1H3,(H,23,27);2-5,8,12H,6-7,9H2,1H3,(H,17,18);5H,1-4,6H2/t16?,17-;12-;/m00./s1. The Morgan fingerprint density at radius 1 is 0.778 bits per heavy atom. The first-order chi connectivity index (χ1) is 26.4. The SMILES string of the molecule is Cc1ccc(-c2ccc3c(n2)N(C(=O)NC2CCCOC2)[C@H]2CCN3C2)cn1.Cc1ccc(-c2ccc3c(n2)N[C@H]2CCN3C2)cn1.NC1CCCOC1. The Morgan fingerprint density at radius 2 is 1.44 bits per heavy atom. The maximum Gasteiger partial charge on any atom is 0.323 e. The van der Waals surface area contributed by atoms with Gasteiger partial charge in [0.05, 0.1) is 48.1 Å². The largest absolute Gasteiger partial charge is 0.380 e. The predicted octanol–water partition coefficient (Wildman–Crippen LogP) is 5.32. The van der Waals surface area contributed by atoms with Gasteiger partial charge in [-0.2, -0.15) is 0 Å². The summed E-state index contributed by atoms with van der Waals surface area (Å²) in [6.07, 6.45) is 10.1. The number of anilines is 4. The van der Waals surface area contributed by atoms with E-state index in [0.717, 1.165) is 129 Å². The third-order valence-electron chi connectivity index (χ3n) is 11.0. The number of ether oxygens (including phenoxy) is 2. The number of rotatable bonds is 3. The molecule has 4 fully saturated rings. The second-order valence-corrected chi connectivity index (χ2v) is 15.2. The molecule has 284 valence electrons. The van der Waals surface area contributed by atoms with E-state index in [1.165, 1.54) is 12.1 Å². The Hall–Kier alpha value is -4.85. The molecule has 54 heavy (non-hydrogen) atoms. The highest BCUT2D eigenvalue weighted by Crippen LogP contribution is 2.40. The van der Waals surface area contributed by atoms with Crippen molar-refractivity contribution in [1.82, 2.24) is 25.3 Å². The minimum Gasteiger partial charge on any atom is -0.380 e. The van der Waals surface area contributed by atoms with E-state index in [1.54, 1.807) is 0 Å². The van der Waals surface area contributed by atoms with Crippen molar-refractivity contribution in [3.8, 4) is 22.5 Å². The van der Waals surface area contributed by atoms with Gasteiger partial charge in [0.2, 0.25) is 0 Å². The number of amides is 2. The van der Waals surface area contributed by atoms with E-state index < -0.39 is 0 Å². The minimum absolute atomic E-state index is 0.0602. The summed E-state index contributed by atoms with van der Waals surface area (Å²) in [7, 11) is 0. The van der Waals surface area contributed by atoms with Crippen molar-refractivity contribution < 1.29 is 14.3 Å². The van der Waals surface area contributed by atoms with Crippen LogP contribution in [0.5, 0.6) is 0 Å². The van der Waals surface area contributed by atoms with E-state index in [2.05, 4.69) is 54.7 Å². The lowest BCUT2D eigenvalue weighted by atomic mass is 10.1. The molecule has 10 heterocycles. The van der Waals surface area contributed by atoms with Crippen LogP contribution in [0.4, 0.5) is 27.8 Å². The summed E-state index contributed by atoms with van der Waals surface area (Å²) in [5.41, 5.74) is 13.6. The number of aromatic nitrogens is 4. The lowest BCUT2D eigenvalue weighted by molar-refractivity contribution is 0.0735. The van der Waals surface area contributed by atoms with E-state index in [1.807, 2.05) is 55.4 Å². The second kappa shape index (κ2) is 16.3. The van der Waals surface area contributed by atoms with Gasteiger partial charge in [0, 0.05) is 86.4 Å². The van der Waals surface area contributed by atoms with Gasteiger partial charge < -0.3 is 35.6 Å². The van der Waals surface area contributed by atoms with Crippen LogP contribution in [-0.2, 0) is 9.47 Å². The number of aryl methyl sites for hydroxylation is 2. The number of carbonyl (C=O) groups excluding carboxylic acids is 1. The van der Waals surface area contributed by atoms with Crippen LogP contribution in [-0.4, -0.2) is 103 Å². The third-order valence-corrected chi connectivity index (χ3v) is 11.0. The molecule has 10 rings (SSSR count). The molecule has 2 amide bonds. The number of hydrogen-bond acceptors (Lipinski definition) is 11. The van der Waals surface area contributed by atoms with Crippen molar-refractivity contribution in [1.29, 1.82) is 0 Å². The number of pyridine rings is 4. The number of fused-ring (bicyclic) bond motifs is 8. The van der Waals surface area contributed by atoms with Crippen molar-refractivity contribution >= 4 is 29.0 Å². The van der Waals surface area contributed by atoms with E-state index in [9.17, 15) is 4.79 Å². The maximum absolute atomic E-state index is 13.2. The molecule has 4 bridgehead atoms. The maximum atomic E-state index is 13.2. The van der Waals surface area contributed by atoms with Crippen LogP contribution < -0.4 is 31.1 Å². The van der Waals surface area contributed by atoms with Crippen LogP contribution in [0.1, 0.15) is 49.9 Å². The van der Waals surface area contributed by atoms with Gasteiger partial charge in [-0.15, -0.1) is 0 Å². The molecule has 4 aromatic heterocycles. The Kier molecular flexibility index (Phi) is 10.9. The molecule has 0 saturated carbocycles. The topological polar surface area (TPSA) is 147 Å². The number of nitrogens with two attached hydrogens (primary N) is 1. The van der Waals surface area contributed by atoms with Crippen molar-refractivity contribution in [3.05, 3.63) is 72.3 Å². The Bertz CT molecular complexity index is 1900. The van der Waals surface area contributed by atoms with Crippen LogP contribution in [0.15, 0.2) is 60.9 Å². The molecule has 13 heteroatoms. The number of carbonyl (C=O) groups is 1. The summed E-state index contributed by atoms with van der Waals surface area (Å²) in [6, 6.07) is 17.5. The van der Waals surface area contributed by atoms with Crippen molar-refractivity contribution in [3.63, 3.8) is 0 Å². The van der Waals surface area contributed by atoms with Crippen molar-refractivity contribution in [2.75, 3.05) is 72.6 Å². The number of urea groups is 1. The first-order valence-electron chi connectivity index (χ1n) is 19.5. The number of nitrogens with one attached hydrogen (secondary N) is 2. The molecular formula is C41H52N10O3. The molecule has 13 nitrogen and oxygen atoms in total. The lowest BCUT2D eigenvalue weighted by Crippen LogP contribution is -2.54. The lowest BCUT2D eigenvalue weighted by Gasteiger charge is -2.37. The van der Waals surface area contributed by atoms with Crippen LogP contribution in [0, 0.1) is 13.8 Å². The molecular weight excluding hydrogens is 681 g/mol. The van der Waals surface area contributed by atoms with E-state index in [4.69, 9.17) is 25.2 Å². The van der Waals surface area contributed by atoms with Crippen molar-refractivity contribution in [2.24, 2.45) is 5.73 Å². The second-order valence-electron chi connectivity index (χ2n) is 15.2. The van der Waals surface area contributed by atoms with E-state index in [0.29, 0.717) is 18.7 Å². The molecule has 4 N–H and O–H groups in total. The summed E-state index contributed by atoms with van der Waals surface area (Å²) >= 11 is 0. The summed E-state index contributed by atoms with van der Waals surface area (Å²) in [5, 5.41) is 6.71. The van der Waals surface area contributed by atoms with Crippen LogP contribution in [0.2, 0.25) is 0 Å². The fourth-order valence-corrected chi connectivity index (χ4v) is 8.00. The van der Waals surface area contributed by atoms with Gasteiger partial charge in [-0.1, -0.05) is 0 Å². The predicted molar refractivity (Wildman–Crippen MR) is 212 cm³/mol. The van der Waals surface area contributed by atoms with Gasteiger partial charge in [-0.05, 0) is 101 Å². The molecule has 0 aromatic carbocycles. The molecule has 2 unspecified atom stereocenters. The highest BCUT2D eigenvalue weighted by Gasteiger charge is 2.41. The Morgan fingerprint density at radius 3 is 2.07 bits per heavy atom. The van der Waals surface area contributed by atoms with Crippen LogP contribution in [0.25, 0.3) is 22.5 Å². The fourth-order valence-electron chi connectivity index (χ4n) is 8.00. The molecule has 0 radical (unpaired) electrons. The quantitative estimate of drug-likeness (QED) is 0.252. The summed E-state index contributed by atoms with van der Waals surface area (Å²) in [6.45, 7) is 11.1. The zero-order chi connectivity index (χ0) is 37.0. The zero-order valence-corrected chi connectivity index (χ0v) is 31.4. The van der Waals surface area contributed by atoms with Crippen LogP contribution >= 0.6 is 0 Å². The first-order valence-corrected chi connectivity index (χ1v) is 19.5. The Balaban J connectivity index is 0.000000136. The number of nitrogens with zero attached hydrogens (tertiary/aromatic N) is 7. The average molecular weight is 733 g/mol. The fraction of sp³-hybridized carbons (Fsp3) is 0.488. The highest BCUT2D eigenvalue weighted by molar-refractivity contribution is 5.97. The Labute approximate surface area is 317 Å². The van der Waals surface area contributed by atoms with Gasteiger partial charge in [-0.25, -0.2) is 14.8 Å². The first kappa shape index (κ1) is 36.1. The molecule has 6 aliphatic heterocycles. The molecule has 4 aromatic rings. The van der Waals surface area contributed by atoms with Crippen LogP contribution in [0.3, 0.4) is 0 Å². The molecule has 4 saturated heterocycles. The minimum atomic E-state index is -0.0602. The molecule has 0 aliphatic carbocycles. The molecule has 0 spiro atoms. The average Bonchev–Trinajstić information content (AvgIpc) is 3.80. The summed E-state index contributed by atoms with van der Waals surface area (Å²) < 4.78 is 10.6. The van der Waals surface area contributed by atoms with Gasteiger partial charge in [0.15, 0.2) is 11.6 Å². The van der Waals surface area contributed by atoms with Gasteiger partial charge >= 0.3 is 6.03 Å². The smallest absolute Gasteiger partial charge is 0.323 e. The van der Waals surface area contributed by atoms with Crippen molar-refractivity contribution in [2.45, 2.75) is 76.5 Å². The number of hydrogen-bond donors (Lipinski definition) is 3. The zero-order valence-electron chi connectivity index (χ0n) is 31.4.